The molecule has 0 aromatic carbocycles. The molecule has 22 heavy (non-hydrogen) atoms. The van der Waals surface area contributed by atoms with Gasteiger partial charge in [-0.05, 0) is 25.5 Å². The second kappa shape index (κ2) is 7.15. The van der Waals surface area contributed by atoms with Crippen LogP contribution in [0.4, 0.5) is 13.2 Å². The van der Waals surface area contributed by atoms with Crippen molar-refractivity contribution in [1.82, 2.24) is 15.6 Å². The predicted octanol–water partition coefficient (Wildman–Crippen LogP) is 2.00. The number of nitrogens with one attached hydrogen (secondary N) is 2. The van der Waals surface area contributed by atoms with Crippen LogP contribution in [0.2, 0.25) is 5.02 Å². The molecule has 2 N–H and O–H groups in total. The zero-order chi connectivity index (χ0) is 16.2. The fraction of sp³-hybridized carbons (Fsp3) is 0.538. The van der Waals surface area contributed by atoms with Crippen molar-refractivity contribution in [3.05, 3.63) is 22.8 Å². The van der Waals surface area contributed by atoms with Crippen LogP contribution in [0.5, 0.6) is 5.88 Å². The van der Waals surface area contributed by atoms with Gasteiger partial charge in [0.05, 0.1) is 18.2 Å². The highest BCUT2D eigenvalue weighted by molar-refractivity contribution is 6.31. The second-order valence-electron chi connectivity index (χ2n) is 4.80. The SMILES string of the molecule is O=C(NCCOc1ncc(C(F)(F)F)cc1Cl)[C@H]1CCCN1. The Morgan fingerprint density at radius 1 is 1.55 bits per heavy atom. The van der Waals surface area contributed by atoms with Gasteiger partial charge in [0, 0.05) is 6.20 Å². The molecule has 0 radical (unpaired) electrons. The van der Waals surface area contributed by atoms with Gasteiger partial charge < -0.3 is 15.4 Å². The molecular formula is C13H15ClF3N3O2. The van der Waals surface area contributed by atoms with E-state index in [2.05, 4.69) is 15.6 Å². The summed E-state index contributed by atoms with van der Waals surface area (Å²) in [6.07, 6.45) is -2.10. The molecule has 1 amide bonds. The maximum atomic E-state index is 12.5. The molecule has 1 aromatic rings. The summed E-state index contributed by atoms with van der Waals surface area (Å²) in [5.74, 6) is -0.213. The Hall–Kier alpha value is -1.54. The van der Waals surface area contributed by atoms with E-state index in [4.69, 9.17) is 16.3 Å². The maximum absolute atomic E-state index is 12.5. The smallest absolute Gasteiger partial charge is 0.417 e. The van der Waals surface area contributed by atoms with Gasteiger partial charge in [0.25, 0.3) is 0 Å². The van der Waals surface area contributed by atoms with Gasteiger partial charge in [-0.1, -0.05) is 11.6 Å². The molecule has 0 bridgehead atoms. The zero-order valence-electron chi connectivity index (χ0n) is 11.5. The first-order valence-electron chi connectivity index (χ1n) is 6.74. The van der Waals surface area contributed by atoms with Crippen molar-refractivity contribution in [2.75, 3.05) is 19.7 Å². The summed E-state index contributed by atoms with van der Waals surface area (Å²) in [5.41, 5.74) is -0.939. The second-order valence-corrected chi connectivity index (χ2v) is 5.20. The lowest BCUT2D eigenvalue weighted by atomic mass is 10.2. The molecule has 0 unspecified atom stereocenters. The number of hydrogen-bond donors (Lipinski definition) is 2. The molecule has 1 saturated heterocycles. The first-order valence-corrected chi connectivity index (χ1v) is 7.12. The normalized spacial score (nSPS) is 18.3. The van der Waals surface area contributed by atoms with Crippen LogP contribution < -0.4 is 15.4 Å². The van der Waals surface area contributed by atoms with Crippen LogP contribution >= 0.6 is 11.6 Å². The Morgan fingerprint density at radius 2 is 2.32 bits per heavy atom. The third-order valence-corrected chi connectivity index (χ3v) is 3.42. The van der Waals surface area contributed by atoms with Crippen LogP contribution in [0.3, 0.4) is 0 Å². The predicted molar refractivity (Wildman–Crippen MR) is 73.8 cm³/mol. The first kappa shape index (κ1) is 16.8. The zero-order valence-corrected chi connectivity index (χ0v) is 12.3. The summed E-state index contributed by atoms with van der Waals surface area (Å²) in [7, 11) is 0. The summed E-state index contributed by atoms with van der Waals surface area (Å²) < 4.78 is 42.5. The number of carbonyl (C=O) groups is 1. The maximum Gasteiger partial charge on any atom is 0.417 e. The number of amides is 1. The number of aromatic nitrogens is 1. The van der Waals surface area contributed by atoms with Crippen molar-refractivity contribution >= 4 is 17.5 Å². The summed E-state index contributed by atoms with van der Waals surface area (Å²) >= 11 is 5.70. The Morgan fingerprint density at radius 3 is 2.91 bits per heavy atom. The molecular weight excluding hydrogens is 323 g/mol. The van der Waals surface area contributed by atoms with Gasteiger partial charge in [0.15, 0.2) is 0 Å². The highest BCUT2D eigenvalue weighted by Gasteiger charge is 2.31. The highest BCUT2D eigenvalue weighted by atomic mass is 35.5. The molecule has 1 aliphatic rings. The van der Waals surface area contributed by atoms with E-state index in [0.29, 0.717) is 6.20 Å². The average Bonchev–Trinajstić information content (AvgIpc) is 2.97. The number of alkyl halides is 3. The molecule has 0 saturated carbocycles. The van der Waals surface area contributed by atoms with Crippen LogP contribution in [0, 0.1) is 0 Å². The van der Waals surface area contributed by atoms with Crippen molar-refractivity contribution in [3.8, 4) is 5.88 Å². The van der Waals surface area contributed by atoms with Gasteiger partial charge >= 0.3 is 6.18 Å². The standard InChI is InChI=1S/C13H15ClF3N3O2/c14-9-6-8(13(15,16)17)7-20-12(9)22-5-4-19-11(21)10-2-1-3-18-10/h6-7,10,18H,1-5H2,(H,19,21)/t10-/m1/s1. The largest absolute Gasteiger partial charge is 0.475 e. The van der Waals surface area contributed by atoms with E-state index < -0.39 is 11.7 Å². The lowest BCUT2D eigenvalue weighted by Gasteiger charge is -2.12. The summed E-state index contributed by atoms with van der Waals surface area (Å²) in [5, 5.41) is 5.50. The third-order valence-electron chi connectivity index (χ3n) is 3.15. The minimum Gasteiger partial charge on any atom is -0.475 e. The van der Waals surface area contributed by atoms with Crippen LogP contribution in [-0.4, -0.2) is 36.6 Å². The molecule has 5 nitrogen and oxygen atoms in total. The molecule has 0 spiro atoms. The number of ether oxygens (including phenoxy) is 1. The van der Waals surface area contributed by atoms with Gasteiger partial charge in [-0.2, -0.15) is 13.2 Å². The Balaban J connectivity index is 1.78. The highest BCUT2D eigenvalue weighted by Crippen LogP contribution is 2.32. The van der Waals surface area contributed by atoms with Gasteiger partial charge in [0.1, 0.15) is 11.6 Å². The number of nitrogens with zero attached hydrogens (tertiary/aromatic N) is 1. The van der Waals surface area contributed by atoms with Crippen LogP contribution in [-0.2, 0) is 11.0 Å². The molecule has 1 atom stereocenters. The molecule has 122 valence electrons. The van der Waals surface area contributed by atoms with E-state index in [1.54, 1.807) is 0 Å². The summed E-state index contributed by atoms with van der Waals surface area (Å²) in [4.78, 5) is 15.2. The minimum absolute atomic E-state index is 0.0660. The van der Waals surface area contributed by atoms with Crippen molar-refractivity contribution in [2.45, 2.75) is 25.1 Å². The molecule has 1 aliphatic heterocycles. The molecule has 2 heterocycles. The van der Waals surface area contributed by atoms with E-state index in [-0.39, 0.29) is 36.0 Å². The molecule has 1 aromatic heterocycles. The Kier molecular flexibility index (Phi) is 5.47. The molecule has 2 rings (SSSR count). The Bertz CT molecular complexity index is 534. The van der Waals surface area contributed by atoms with Crippen LogP contribution in [0.25, 0.3) is 0 Å². The minimum atomic E-state index is -4.50. The lowest BCUT2D eigenvalue weighted by molar-refractivity contribution is -0.137. The number of pyridine rings is 1. The number of hydrogen-bond acceptors (Lipinski definition) is 4. The first-order chi connectivity index (χ1) is 10.4. The van der Waals surface area contributed by atoms with E-state index in [9.17, 15) is 18.0 Å². The van der Waals surface area contributed by atoms with Gasteiger partial charge in [-0.15, -0.1) is 0 Å². The van der Waals surface area contributed by atoms with Crippen LogP contribution in [0.15, 0.2) is 12.3 Å². The van der Waals surface area contributed by atoms with Crippen molar-refractivity contribution < 1.29 is 22.7 Å². The monoisotopic (exact) mass is 337 g/mol. The van der Waals surface area contributed by atoms with Crippen molar-refractivity contribution in [2.24, 2.45) is 0 Å². The summed E-state index contributed by atoms with van der Waals surface area (Å²) in [6.45, 7) is 1.10. The van der Waals surface area contributed by atoms with E-state index in [1.807, 2.05) is 0 Å². The van der Waals surface area contributed by atoms with E-state index in [0.717, 1.165) is 25.5 Å². The molecule has 0 aliphatic carbocycles. The molecule has 9 heteroatoms. The Labute approximate surface area is 130 Å². The van der Waals surface area contributed by atoms with Gasteiger partial charge in [0.2, 0.25) is 11.8 Å². The average molecular weight is 338 g/mol. The quantitative estimate of drug-likeness (QED) is 0.807. The number of carbonyl (C=O) groups excluding carboxylic acids is 1. The number of rotatable bonds is 5. The fourth-order valence-electron chi connectivity index (χ4n) is 2.04. The lowest BCUT2D eigenvalue weighted by Crippen LogP contribution is -2.41. The van der Waals surface area contributed by atoms with Gasteiger partial charge in [-0.25, -0.2) is 4.98 Å². The van der Waals surface area contributed by atoms with Gasteiger partial charge in [-0.3, -0.25) is 4.79 Å². The number of halogens is 4. The van der Waals surface area contributed by atoms with Crippen molar-refractivity contribution in [1.29, 1.82) is 0 Å². The van der Waals surface area contributed by atoms with E-state index in [1.165, 1.54) is 0 Å². The van der Waals surface area contributed by atoms with E-state index >= 15 is 0 Å². The molecule has 1 fully saturated rings. The fourth-order valence-corrected chi connectivity index (χ4v) is 2.26. The topological polar surface area (TPSA) is 63.2 Å². The third kappa shape index (κ3) is 4.48. The van der Waals surface area contributed by atoms with Crippen LogP contribution in [0.1, 0.15) is 18.4 Å². The summed E-state index contributed by atoms with van der Waals surface area (Å²) in [6, 6.07) is 0.568. The van der Waals surface area contributed by atoms with Crippen molar-refractivity contribution in [3.63, 3.8) is 0 Å².